The number of thiophene rings is 1. The number of hydrogen-bond acceptors (Lipinski definition) is 6. The van der Waals surface area contributed by atoms with Gasteiger partial charge < -0.3 is 15.5 Å². The van der Waals surface area contributed by atoms with Crippen LogP contribution in [-0.4, -0.2) is 24.5 Å². The van der Waals surface area contributed by atoms with Crippen LogP contribution in [-0.2, 0) is 27.8 Å². The topological polar surface area (TPSA) is 116 Å². The molecule has 0 saturated heterocycles. The average Bonchev–Trinajstić information content (AvgIpc) is 3.35. The van der Waals surface area contributed by atoms with Crippen LogP contribution in [0.4, 0.5) is 5.69 Å². The number of allylic oxidation sites excluding steroid dienone is 1. The fourth-order valence-electron chi connectivity index (χ4n) is 4.42. The lowest BCUT2D eigenvalue weighted by Gasteiger charge is -2.20. The number of aromatic hydroxyl groups is 2. The molecule has 5 rings (SSSR count). The molecule has 184 valence electrons. The van der Waals surface area contributed by atoms with Crippen LogP contribution in [0.15, 0.2) is 64.9 Å². The lowest BCUT2D eigenvalue weighted by atomic mass is 9.88. The molecule has 1 aliphatic rings. The number of phenols is 2. The Morgan fingerprint density at radius 3 is 2.61 bits per heavy atom. The summed E-state index contributed by atoms with van der Waals surface area (Å²) in [6, 6.07) is 15.2. The van der Waals surface area contributed by atoms with Gasteiger partial charge in [-0.3, -0.25) is 9.52 Å². The van der Waals surface area contributed by atoms with Crippen molar-refractivity contribution in [3.63, 3.8) is 0 Å². The predicted octanol–water partition coefficient (Wildman–Crippen LogP) is 5.38. The maximum atomic E-state index is 13.3. The zero-order chi connectivity index (χ0) is 25.4. The molecule has 7 nitrogen and oxygen atoms in total. The molecule has 0 unspecified atom stereocenters. The summed E-state index contributed by atoms with van der Waals surface area (Å²) in [5.74, 6) is -0.235. The number of phenolic OH excluding ortho intramolecular Hbond substituents is 2. The summed E-state index contributed by atoms with van der Waals surface area (Å²) in [6.45, 7) is 1.64. The number of hydrogen-bond donors (Lipinski definition) is 4. The Morgan fingerprint density at radius 1 is 1.06 bits per heavy atom. The molecular formula is C27H24N2O5S2. The number of carbonyl (C=O) groups excluding carboxylic acids is 1. The first-order valence-electron chi connectivity index (χ1n) is 11.4. The lowest BCUT2D eigenvalue weighted by molar-refractivity contribution is -0.119. The van der Waals surface area contributed by atoms with Crippen molar-refractivity contribution >= 4 is 49.8 Å². The molecule has 1 aromatic heterocycles. The van der Waals surface area contributed by atoms with Crippen LogP contribution in [0.5, 0.6) is 11.5 Å². The molecule has 0 bridgehead atoms. The number of anilines is 1. The molecule has 36 heavy (non-hydrogen) atoms. The van der Waals surface area contributed by atoms with Crippen LogP contribution in [0.25, 0.3) is 28.0 Å². The second kappa shape index (κ2) is 9.33. The molecule has 0 radical (unpaired) electrons. The van der Waals surface area contributed by atoms with Gasteiger partial charge in [-0.25, -0.2) is 8.42 Å². The molecule has 4 N–H and O–H groups in total. The monoisotopic (exact) mass is 520 g/mol. The SMILES string of the molecule is CC(=O)NCc1ccc(S(=O)(=O)Nc2cc(-c3c(O)ccc4c3C=CCC4)c(O)c3ccccc23)s1. The maximum Gasteiger partial charge on any atom is 0.271 e. The smallest absolute Gasteiger partial charge is 0.271 e. The Balaban J connectivity index is 1.63. The van der Waals surface area contributed by atoms with Gasteiger partial charge in [0.25, 0.3) is 10.0 Å². The van der Waals surface area contributed by atoms with Gasteiger partial charge in [-0.05, 0) is 48.2 Å². The van der Waals surface area contributed by atoms with E-state index in [1.807, 2.05) is 18.2 Å². The number of nitrogens with one attached hydrogen (secondary N) is 2. The van der Waals surface area contributed by atoms with Gasteiger partial charge in [0.1, 0.15) is 15.7 Å². The van der Waals surface area contributed by atoms with Gasteiger partial charge in [-0.1, -0.05) is 42.5 Å². The Morgan fingerprint density at radius 2 is 1.83 bits per heavy atom. The first kappa shape index (κ1) is 23.9. The highest BCUT2D eigenvalue weighted by Crippen LogP contribution is 2.46. The van der Waals surface area contributed by atoms with E-state index in [-0.39, 0.29) is 33.8 Å². The van der Waals surface area contributed by atoms with Gasteiger partial charge in [-0.2, -0.15) is 0 Å². The molecule has 0 atom stereocenters. The molecule has 0 saturated carbocycles. The molecule has 1 amide bonds. The highest BCUT2D eigenvalue weighted by molar-refractivity contribution is 7.94. The molecule has 3 aromatic carbocycles. The van der Waals surface area contributed by atoms with Gasteiger partial charge in [0.15, 0.2) is 0 Å². The van der Waals surface area contributed by atoms with Crippen molar-refractivity contribution in [1.29, 1.82) is 0 Å². The number of fused-ring (bicyclic) bond motifs is 2. The van der Waals surface area contributed by atoms with E-state index in [4.69, 9.17) is 0 Å². The van der Waals surface area contributed by atoms with Crippen LogP contribution in [0.1, 0.15) is 29.3 Å². The van der Waals surface area contributed by atoms with Crippen LogP contribution < -0.4 is 10.0 Å². The maximum absolute atomic E-state index is 13.3. The van der Waals surface area contributed by atoms with E-state index < -0.39 is 10.0 Å². The Bertz CT molecular complexity index is 1640. The third kappa shape index (κ3) is 4.43. The zero-order valence-electron chi connectivity index (χ0n) is 19.4. The first-order valence-corrected chi connectivity index (χ1v) is 13.7. The van der Waals surface area contributed by atoms with Gasteiger partial charge in [-0.15, -0.1) is 11.3 Å². The highest BCUT2D eigenvalue weighted by atomic mass is 32.2. The summed E-state index contributed by atoms with van der Waals surface area (Å²) in [7, 11) is -3.96. The fraction of sp³-hybridized carbons (Fsp3) is 0.148. The molecule has 1 aliphatic carbocycles. The summed E-state index contributed by atoms with van der Waals surface area (Å²) in [5, 5.41) is 25.7. The minimum Gasteiger partial charge on any atom is -0.507 e. The third-order valence-electron chi connectivity index (χ3n) is 6.12. The van der Waals surface area contributed by atoms with E-state index in [0.29, 0.717) is 26.8 Å². The van der Waals surface area contributed by atoms with E-state index >= 15 is 0 Å². The normalized spacial score (nSPS) is 12.9. The summed E-state index contributed by atoms with van der Waals surface area (Å²) in [4.78, 5) is 11.9. The van der Waals surface area contributed by atoms with Crippen LogP contribution in [0.3, 0.4) is 0 Å². The van der Waals surface area contributed by atoms with E-state index in [1.165, 1.54) is 13.0 Å². The number of carbonyl (C=O) groups is 1. The third-order valence-corrected chi connectivity index (χ3v) is 9.06. The number of rotatable bonds is 6. The van der Waals surface area contributed by atoms with Crippen molar-refractivity contribution in [2.45, 2.75) is 30.5 Å². The van der Waals surface area contributed by atoms with Crippen molar-refractivity contribution < 1.29 is 23.4 Å². The second-order valence-corrected chi connectivity index (χ2v) is 11.7. The minimum absolute atomic E-state index is 0.000517. The molecular weight excluding hydrogens is 496 g/mol. The largest absolute Gasteiger partial charge is 0.507 e. The summed E-state index contributed by atoms with van der Waals surface area (Å²) in [6.07, 6.45) is 5.64. The number of amides is 1. The number of benzene rings is 3. The van der Waals surface area contributed by atoms with E-state index in [0.717, 1.165) is 35.3 Å². The average molecular weight is 521 g/mol. The molecule has 0 fully saturated rings. The Labute approximate surface area is 212 Å². The van der Waals surface area contributed by atoms with Crippen molar-refractivity contribution in [2.75, 3.05) is 4.72 Å². The molecule has 1 heterocycles. The van der Waals surface area contributed by atoms with E-state index in [9.17, 15) is 23.4 Å². The zero-order valence-corrected chi connectivity index (χ0v) is 21.0. The van der Waals surface area contributed by atoms with E-state index in [1.54, 1.807) is 42.5 Å². The summed E-state index contributed by atoms with van der Waals surface area (Å²) >= 11 is 1.07. The standard InChI is InChI=1S/C27H24N2O5S2/c1-16(30)28-15-18-11-13-25(35-18)36(33,34)29-23-14-22(27(32)21-9-5-4-8-20(21)23)26-19-7-3-2-6-17(19)10-12-24(26)31/h3-5,7-14,29,31-32H,2,6,15H2,1H3,(H,28,30). The lowest BCUT2D eigenvalue weighted by Crippen LogP contribution is -2.18. The van der Waals surface area contributed by atoms with Crippen LogP contribution >= 0.6 is 11.3 Å². The fourth-order valence-corrected chi connectivity index (χ4v) is 6.79. The molecule has 0 aliphatic heterocycles. The number of sulfonamides is 1. The van der Waals surface area contributed by atoms with Crippen molar-refractivity contribution in [3.05, 3.63) is 76.7 Å². The van der Waals surface area contributed by atoms with Crippen molar-refractivity contribution in [1.82, 2.24) is 5.32 Å². The van der Waals surface area contributed by atoms with Gasteiger partial charge in [0, 0.05) is 33.7 Å². The molecule has 0 spiro atoms. The van der Waals surface area contributed by atoms with Gasteiger partial charge in [0.2, 0.25) is 5.91 Å². The quantitative estimate of drug-likeness (QED) is 0.255. The van der Waals surface area contributed by atoms with Gasteiger partial charge in [0.05, 0.1) is 12.2 Å². The molecule has 4 aromatic rings. The van der Waals surface area contributed by atoms with Crippen molar-refractivity contribution in [2.24, 2.45) is 0 Å². The predicted molar refractivity (Wildman–Crippen MR) is 143 cm³/mol. The van der Waals surface area contributed by atoms with E-state index in [2.05, 4.69) is 10.0 Å². The summed E-state index contributed by atoms with van der Waals surface area (Å²) in [5.41, 5.74) is 2.93. The van der Waals surface area contributed by atoms with Crippen LogP contribution in [0, 0.1) is 0 Å². The highest BCUT2D eigenvalue weighted by Gasteiger charge is 2.23. The Hall–Kier alpha value is -3.82. The minimum atomic E-state index is -3.96. The summed E-state index contributed by atoms with van der Waals surface area (Å²) < 4.78 is 29.4. The Kier molecular flexibility index (Phi) is 6.19. The van der Waals surface area contributed by atoms with Gasteiger partial charge >= 0.3 is 0 Å². The second-order valence-electron chi connectivity index (χ2n) is 8.58. The van der Waals surface area contributed by atoms with Crippen molar-refractivity contribution in [3.8, 4) is 22.6 Å². The first-order chi connectivity index (χ1) is 17.2. The number of aryl methyl sites for hydroxylation is 1. The molecule has 9 heteroatoms. The van der Waals surface area contributed by atoms with Crippen LogP contribution in [0.2, 0.25) is 0 Å².